The molecule has 0 bridgehead atoms. The maximum Gasteiger partial charge on any atom is 0.267 e. The van der Waals surface area contributed by atoms with Gasteiger partial charge in [0, 0.05) is 31.1 Å². The number of nitrogens with one attached hydrogen (secondary N) is 1. The van der Waals surface area contributed by atoms with Crippen LogP contribution in [0.2, 0.25) is 0 Å². The molecule has 1 saturated heterocycles. The van der Waals surface area contributed by atoms with Crippen LogP contribution >= 0.6 is 0 Å². The molecule has 154 valence electrons. The normalized spacial score (nSPS) is 19.6. The van der Waals surface area contributed by atoms with E-state index in [1.54, 1.807) is 18.2 Å². The van der Waals surface area contributed by atoms with E-state index in [-0.39, 0.29) is 35.8 Å². The topological polar surface area (TPSA) is 67.2 Å². The van der Waals surface area contributed by atoms with Crippen molar-refractivity contribution in [3.63, 3.8) is 0 Å². The number of carbonyl (C=O) groups is 1. The zero-order valence-corrected chi connectivity index (χ0v) is 16.5. The first kappa shape index (κ1) is 19.6. The lowest BCUT2D eigenvalue weighted by atomic mass is 9.85. The first-order chi connectivity index (χ1) is 14.1. The molecule has 1 atom stereocenters. The van der Waals surface area contributed by atoms with E-state index in [9.17, 15) is 14.0 Å². The van der Waals surface area contributed by atoms with Crippen LogP contribution in [0.1, 0.15) is 44.1 Å². The first-order valence-corrected chi connectivity index (χ1v) is 10.5. The molecule has 1 unspecified atom stereocenters. The van der Waals surface area contributed by atoms with Gasteiger partial charge in [0.15, 0.2) is 0 Å². The minimum atomic E-state index is -0.329. The van der Waals surface area contributed by atoms with Gasteiger partial charge in [-0.25, -0.2) is 9.07 Å². The fourth-order valence-corrected chi connectivity index (χ4v) is 4.06. The van der Waals surface area contributed by atoms with Crippen molar-refractivity contribution in [1.82, 2.24) is 15.1 Å². The van der Waals surface area contributed by atoms with Crippen LogP contribution in [0, 0.1) is 11.7 Å². The van der Waals surface area contributed by atoms with Gasteiger partial charge >= 0.3 is 0 Å². The van der Waals surface area contributed by atoms with Gasteiger partial charge in [0.2, 0.25) is 5.91 Å². The molecule has 1 aromatic heterocycles. The highest BCUT2D eigenvalue weighted by Gasteiger charge is 2.28. The second-order valence-corrected chi connectivity index (χ2v) is 8.03. The summed E-state index contributed by atoms with van der Waals surface area (Å²) in [5, 5.41) is 7.66. The molecule has 4 rings (SSSR count). The monoisotopic (exact) mass is 398 g/mol. The highest BCUT2D eigenvalue weighted by molar-refractivity contribution is 5.79. The van der Waals surface area contributed by atoms with Crippen molar-refractivity contribution in [3.8, 4) is 0 Å². The van der Waals surface area contributed by atoms with Crippen molar-refractivity contribution < 1.29 is 9.18 Å². The predicted octanol–water partition coefficient (Wildman–Crippen LogP) is 2.71. The van der Waals surface area contributed by atoms with E-state index in [2.05, 4.69) is 15.3 Å². The first-order valence-electron chi connectivity index (χ1n) is 10.5. The third-order valence-corrected chi connectivity index (χ3v) is 5.98. The molecule has 1 N–H and O–H groups in total. The smallest absolute Gasteiger partial charge is 0.267 e. The molecule has 2 heterocycles. The Morgan fingerprint density at radius 1 is 1.14 bits per heavy atom. The summed E-state index contributed by atoms with van der Waals surface area (Å²) in [6, 6.07) is 9.64. The standard InChI is InChI=1S/C22H27FN4O2/c23-18-8-3-5-16(13-18)15-27-21(28)11-10-20(25-27)26-12-2-1-9-19(26)14-24-22(29)17-6-4-7-17/h3,5,8,10-11,13,17,19H,1-2,4,6-7,9,12,14-15H2,(H,24,29). The quantitative estimate of drug-likeness (QED) is 0.813. The zero-order chi connectivity index (χ0) is 20.2. The lowest BCUT2D eigenvalue weighted by Crippen LogP contribution is -2.49. The molecule has 1 aromatic carbocycles. The van der Waals surface area contributed by atoms with Crippen LogP contribution in [0.3, 0.4) is 0 Å². The fourth-order valence-electron chi connectivity index (χ4n) is 4.06. The molecule has 1 aliphatic carbocycles. The van der Waals surface area contributed by atoms with Crippen molar-refractivity contribution in [2.24, 2.45) is 5.92 Å². The summed E-state index contributed by atoms with van der Waals surface area (Å²) in [5.74, 6) is 0.734. The number of hydrogen-bond acceptors (Lipinski definition) is 4. The van der Waals surface area contributed by atoms with Gasteiger partial charge in [-0.3, -0.25) is 9.59 Å². The van der Waals surface area contributed by atoms with Crippen molar-refractivity contribution >= 4 is 11.7 Å². The molecule has 2 aromatic rings. The molecule has 0 radical (unpaired) electrons. The Morgan fingerprint density at radius 2 is 2.00 bits per heavy atom. The van der Waals surface area contributed by atoms with E-state index in [0.29, 0.717) is 12.1 Å². The number of hydrogen-bond donors (Lipinski definition) is 1. The van der Waals surface area contributed by atoms with Crippen LogP contribution in [0.25, 0.3) is 0 Å². The Hall–Kier alpha value is -2.70. The largest absolute Gasteiger partial charge is 0.354 e. The minimum absolute atomic E-state index is 0.158. The number of halogens is 1. The maximum absolute atomic E-state index is 13.5. The van der Waals surface area contributed by atoms with Crippen LogP contribution < -0.4 is 15.8 Å². The van der Waals surface area contributed by atoms with Crippen molar-refractivity contribution in [2.75, 3.05) is 18.0 Å². The minimum Gasteiger partial charge on any atom is -0.354 e. The highest BCUT2D eigenvalue weighted by Crippen LogP contribution is 2.27. The van der Waals surface area contributed by atoms with Crippen molar-refractivity contribution in [2.45, 2.75) is 51.1 Å². The summed E-state index contributed by atoms with van der Waals surface area (Å²) >= 11 is 0. The van der Waals surface area contributed by atoms with E-state index in [1.807, 2.05) is 0 Å². The van der Waals surface area contributed by atoms with Gasteiger partial charge in [-0.05, 0) is 55.9 Å². The lowest BCUT2D eigenvalue weighted by molar-refractivity contribution is -0.127. The summed E-state index contributed by atoms with van der Waals surface area (Å²) in [7, 11) is 0. The lowest BCUT2D eigenvalue weighted by Gasteiger charge is -2.37. The van der Waals surface area contributed by atoms with Crippen molar-refractivity contribution in [1.29, 1.82) is 0 Å². The van der Waals surface area contributed by atoms with Crippen LogP contribution in [-0.2, 0) is 11.3 Å². The summed E-state index contributed by atoms with van der Waals surface area (Å²) < 4.78 is 14.9. The molecule has 7 heteroatoms. The van der Waals surface area contributed by atoms with E-state index < -0.39 is 0 Å². The summed E-state index contributed by atoms with van der Waals surface area (Å²) in [6.45, 7) is 1.66. The molecule has 2 fully saturated rings. The number of rotatable bonds is 6. The third kappa shape index (κ3) is 4.66. The van der Waals surface area contributed by atoms with Gasteiger partial charge in [0.1, 0.15) is 11.6 Å². The van der Waals surface area contributed by atoms with Crippen molar-refractivity contribution in [3.05, 3.63) is 58.1 Å². The molecule has 2 aliphatic rings. The van der Waals surface area contributed by atoms with Crippen LogP contribution in [0.15, 0.2) is 41.2 Å². The second kappa shape index (κ2) is 8.76. The van der Waals surface area contributed by atoms with E-state index >= 15 is 0 Å². The molecule has 0 spiro atoms. The number of carbonyl (C=O) groups excluding carboxylic acids is 1. The summed E-state index contributed by atoms with van der Waals surface area (Å²) in [4.78, 5) is 26.7. The second-order valence-electron chi connectivity index (χ2n) is 8.03. The van der Waals surface area contributed by atoms with Gasteiger partial charge in [-0.1, -0.05) is 18.6 Å². The van der Waals surface area contributed by atoms with Gasteiger partial charge in [0.05, 0.1) is 6.54 Å². The highest BCUT2D eigenvalue weighted by atomic mass is 19.1. The number of anilines is 1. The Morgan fingerprint density at radius 3 is 2.76 bits per heavy atom. The zero-order valence-electron chi connectivity index (χ0n) is 16.5. The van der Waals surface area contributed by atoms with Crippen LogP contribution in [0.4, 0.5) is 10.2 Å². The molecule has 6 nitrogen and oxygen atoms in total. The molecule has 1 saturated carbocycles. The molecule has 1 aliphatic heterocycles. The fraction of sp³-hybridized carbons (Fsp3) is 0.500. The van der Waals surface area contributed by atoms with Gasteiger partial charge < -0.3 is 10.2 Å². The van der Waals surface area contributed by atoms with E-state index in [1.165, 1.54) is 22.9 Å². The number of piperidine rings is 1. The van der Waals surface area contributed by atoms with Crippen LogP contribution in [0.5, 0.6) is 0 Å². The average Bonchev–Trinajstić information content (AvgIpc) is 2.67. The summed E-state index contributed by atoms with van der Waals surface area (Å²) in [6.07, 6.45) is 6.28. The number of aromatic nitrogens is 2. The Bertz CT molecular complexity index is 925. The molecule has 29 heavy (non-hydrogen) atoms. The number of benzene rings is 1. The number of nitrogens with zero attached hydrogens (tertiary/aromatic N) is 3. The number of amides is 1. The average molecular weight is 398 g/mol. The van der Waals surface area contributed by atoms with E-state index in [4.69, 9.17) is 0 Å². The van der Waals surface area contributed by atoms with Gasteiger partial charge in [0.25, 0.3) is 5.56 Å². The van der Waals surface area contributed by atoms with Crippen LogP contribution in [-0.4, -0.2) is 34.8 Å². The Labute approximate surface area is 169 Å². The van der Waals surface area contributed by atoms with Gasteiger partial charge in [-0.2, -0.15) is 5.10 Å². The Balaban J connectivity index is 1.49. The third-order valence-electron chi connectivity index (χ3n) is 5.98. The molecule has 1 amide bonds. The molecular weight excluding hydrogens is 371 g/mol. The predicted molar refractivity (Wildman–Crippen MR) is 109 cm³/mol. The summed E-state index contributed by atoms with van der Waals surface area (Å²) in [5.41, 5.74) is 0.476. The van der Waals surface area contributed by atoms with E-state index in [0.717, 1.165) is 50.9 Å². The SMILES string of the molecule is O=C(NCC1CCCCN1c1ccc(=O)n(Cc2cccc(F)c2)n1)C1CCC1. The van der Waals surface area contributed by atoms with Gasteiger partial charge in [-0.15, -0.1) is 0 Å². The maximum atomic E-state index is 13.5. The Kier molecular flexibility index (Phi) is 5.92. The molecular formula is C22H27FN4O2.